The van der Waals surface area contributed by atoms with Crippen molar-refractivity contribution in [2.24, 2.45) is 0 Å². The second-order valence-electron chi connectivity index (χ2n) is 5.78. The Labute approximate surface area is 163 Å². The van der Waals surface area contributed by atoms with Gasteiger partial charge < -0.3 is 20.1 Å². The van der Waals surface area contributed by atoms with E-state index in [-0.39, 0.29) is 35.0 Å². The molecular formula is C19H22N2O6S. The summed E-state index contributed by atoms with van der Waals surface area (Å²) in [6.45, 7) is 1.69. The van der Waals surface area contributed by atoms with E-state index in [1.165, 1.54) is 13.2 Å². The number of esters is 1. The first kappa shape index (κ1) is 21.2. The van der Waals surface area contributed by atoms with Crippen molar-refractivity contribution in [1.82, 2.24) is 0 Å². The molecule has 28 heavy (non-hydrogen) atoms. The maximum Gasteiger partial charge on any atom is 0.340 e. The topological polar surface area (TPSA) is 111 Å². The largest absolute Gasteiger partial charge is 0.495 e. The average molecular weight is 406 g/mol. The van der Waals surface area contributed by atoms with Gasteiger partial charge in [-0.1, -0.05) is 18.2 Å². The molecule has 2 aromatic carbocycles. The molecule has 0 bridgehead atoms. The van der Waals surface area contributed by atoms with Crippen LogP contribution in [-0.4, -0.2) is 46.8 Å². The van der Waals surface area contributed by atoms with Crippen molar-refractivity contribution in [2.45, 2.75) is 11.8 Å². The summed E-state index contributed by atoms with van der Waals surface area (Å²) in [4.78, 5) is 24.3. The number of carbonyl (C=O) groups excluding carboxylic acids is 2. The van der Waals surface area contributed by atoms with E-state index < -0.39 is 21.7 Å². The molecule has 0 aliphatic carbocycles. The standard InChI is InChI=1S/C19H22N2O6S/c1-4-27-19(23)13-8-5-6-9-14(13)21-17(22)12-20-15-10-7-11-16(26-2)18(15)28(3,24)25/h5-11,20H,4,12H2,1-3H3,(H,21,22). The summed E-state index contributed by atoms with van der Waals surface area (Å²) in [5, 5.41) is 5.42. The Balaban J connectivity index is 2.16. The predicted molar refractivity (Wildman–Crippen MR) is 106 cm³/mol. The number of rotatable bonds is 8. The van der Waals surface area contributed by atoms with E-state index in [4.69, 9.17) is 9.47 Å². The second-order valence-corrected chi connectivity index (χ2v) is 7.73. The number of ether oxygens (including phenoxy) is 2. The van der Waals surface area contributed by atoms with Crippen LogP contribution in [0, 0.1) is 0 Å². The van der Waals surface area contributed by atoms with Gasteiger partial charge in [0, 0.05) is 6.26 Å². The van der Waals surface area contributed by atoms with Gasteiger partial charge in [-0.25, -0.2) is 13.2 Å². The zero-order valence-electron chi connectivity index (χ0n) is 15.8. The van der Waals surface area contributed by atoms with Crippen LogP contribution in [0.2, 0.25) is 0 Å². The minimum atomic E-state index is -3.59. The lowest BCUT2D eigenvalue weighted by Crippen LogP contribution is -2.24. The smallest absolute Gasteiger partial charge is 0.340 e. The number of anilines is 2. The molecule has 0 heterocycles. The average Bonchev–Trinajstić information content (AvgIpc) is 2.65. The van der Waals surface area contributed by atoms with Gasteiger partial charge in [0.25, 0.3) is 0 Å². The SMILES string of the molecule is CCOC(=O)c1ccccc1NC(=O)CNc1cccc(OC)c1S(C)(=O)=O. The highest BCUT2D eigenvalue weighted by atomic mass is 32.2. The molecule has 2 N–H and O–H groups in total. The van der Waals surface area contributed by atoms with Gasteiger partial charge in [0.1, 0.15) is 10.6 Å². The Bertz CT molecular complexity index is 972. The van der Waals surface area contributed by atoms with Gasteiger partial charge in [-0.3, -0.25) is 4.79 Å². The maximum atomic E-state index is 12.3. The van der Waals surface area contributed by atoms with Crippen molar-refractivity contribution in [3.63, 3.8) is 0 Å². The zero-order valence-corrected chi connectivity index (χ0v) is 16.6. The third kappa shape index (κ3) is 5.23. The summed E-state index contributed by atoms with van der Waals surface area (Å²) in [7, 11) is -2.22. The zero-order chi connectivity index (χ0) is 20.7. The molecule has 150 valence electrons. The van der Waals surface area contributed by atoms with Crippen molar-refractivity contribution in [3.05, 3.63) is 48.0 Å². The lowest BCUT2D eigenvalue weighted by molar-refractivity contribution is -0.114. The van der Waals surface area contributed by atoms with Crippen molar-refractivity contribution in [3.8, 4) is 5.75 Å². The fraction of sp³-hybridized carbons (Fsp3) is 0.263. The number of benzene rings is 2. The van der Waals surface area contributed by atoms with Crippen LogP contribution in [-0.2, 0) is 19.4 Å². The highest BCUT2D eigenvalue weighted by Gasteiger charge is 2.20. The summed E-state index contributed by atoms with van der Waals surface area (Å²) in [5.41, 5.74) is 0.785. The van der Waals surface area contributed by atoms with Gasteiger partial charge in [0.15, 0.2) is 9.84 Å². The minimum absolute atomic E-state index is 0.0303. The number of nitrogens with one attached hydrogen (secondary N) is 2. The molecule has 0 saturated carbocycles. The fourth-order valence-corrected chi connectivity index (χ4v) is 3.60. The third-order valence-electron chi connectivity index (χ3n) is 3.71. The molecule has 0 unspecified atom stereocenters. The Morgan fingerprint density at radius 2 is 1.71 bits per heavy atom. The molecule has 0 aromatic heterocycles. The van der Waals surface area contributed by atoms with Crippen molar-refractivity contribution in [1.29, 1.82) is 0 Å². The molecule has 0 aliphatic rings. The Morgan fingerprint density at radius 3 is 2.36 bits per heavy atom. The van der Waals surface area contributed by atoms with E-state index in [9.17, 15) is 18.0 Å². The van der Waals surface area contributed by atoms with Gasteiger partial charge >= 0.3 is 5.97 Å². The van der Waals surface area contributed by atoms with Crippen molar-refractivity contribution >= 4 is 33.1 Å². The van der Waals surface area contributed by atoms with Crippen LogP contribution >= 0.6 is 0 Å². The van der Waals surface area contributed by atoms with E-state index in [0.29, 0.717) is 5.69 Å². The van der Waals surface area contributed by atoms with E-state index in [1.807, 2.05) is 0 Å². The quantitative estimate of drug-likeness (QED) is 0.647. The van der Waals surface area contributed by atoms with Crippen LogP contribution in [0.3, 0.4) is 0 Å². The van der Waals surface area contributed by atoms with Crippen LogP contribution in [0.4, 0.5) is 11.4 Å². The van der Waals surface area contributed by atoms with E-state index >= 15 is 0 Å². The molecule has 0 saturated heterocycles. The first-order chi connectivity index (χ1) is 13.3. The molecule has 8 nitrogen and oxygen atoms in total. The second kappa shape index (κ2) is 9.23. The molecule has 2 aromatic rings. The van der Waals surface area contributed by atoms with E-state index in [2.05, 4.69) is 10.6 Å². The molecule has 0 atom stereocenters. The van der Waals surface area contributed by atoms with Crippen LogP contribution < -0.4 is 15.4 Å². The number of hydrogen-bond acceptors (Lipinski definition) is 7. The minimum Gasteiger partial charge on any atom is -0.495 e. The maximum absolute atomic E-state index is 12.3. The Hall–Kier alpha value is -3.07. The number of sulfone groups is 1. The van der Waals surface area contributed by atoms with Gasteiger partial charge in [-0.05, 0) is 31.2 Å². The molecule has 2 rings (SSSR count). The third-order valence-corrected chi connectivity index (χ3v) is 4.87. The van der Waals surface area contributed by atoms with Gasteiger partial charge in [0.2, 0.25) is 5.91 Å². The molecule has 0 aliphatic heterocycles. The first-order valence-electron chi connectivity index (χ1n) is 8.44. The number of methoxy groups -OCH3 is 1. The Kier molecular flexibility index (Phi) is 7.00. The van der Waals surface area contributed by atoms with Gasteiger partial charge in [-0.2, -0.15) is 0 Å². The molecular weight excluding hydrogens is 384 g/mol. The normalized spacial score (nSPS) is 10.8. The van der Waals surface area contributed by atoms with E-state index in [0.717, 1.165) is 6.26 Å². The highest BCUT2D eigenvalue weighted by molar-refractivity contribution is 7.91. The lowest BCUT2D eigenvalue weighted by Gasteiger charge is -2.15. The van der Waals surface area contributed by atoms with Crippen LogP contribution in [0.25, 0.3) is 0 Å². The molecule has 0 radical (unpaired) electrons. The molecule has 0 fully saturated rings. The Morgan fingerprint density at radius 1 is 1.04 bits per heavy atom. The summed E-state index contributed by atoms with van der Waals surface area (Å²) in [5.74, 6) is -0.821. The van der Waals surface area contributed by atoms with E-state index in [1.54, 1.807) is 43.3 Å². The van der Waals surface area contributed by atoms with Crippen LogP contribution in [0.1, 0.15) is 17.3 Å². The van der Waals surface area contributed by atoms with Crippen LogP contribution in [0.5, 0.6) is 5.75 Å². The van der Waals surface area contributed by atoms with Crippen molar-refractivity contribution < 1.29 is 27.5 Å². The number of hydrogen-bond donors (Lipinski definition) is 2. The lowest BCUT2D eigenvalue weighted by atomic mass is 10.2. The predicted octanol–water partition coefficient (Wildman–Crippen LogP) is 2.33. The van der Waals surface area contributed by atoms with Crippen LogP contribution in [0.15, 0.2) is 47.4 Å². The fourth-order valence-electron chi connectivity index (χ4n) is 2.55. The summed E-state index contributed by atoms with van der Waals surface area (Å²) in [6, 6.07) is 11.1. The first-order valence-corrected chi connectivity index (χ1v) is 10.3. The molecule has 9 heteroatoms. The molecule has 0 spiro atoms. The van der Waals surface area contributed by atoms with Gasteiger partial charge in [0.05, 0.1) is 37.2 Å². The summed E-state index contributed by atoms with van der Waals surface area (Å²) in [6.07, 6.45) is 1.06. The van der Waals surface area contributed by atoms with Gasteiger partial charge in [-0.15, -0.1) is 0 Å². The highest BCUT2D eigenvalue weighted by Crippen LogP contribution is 2.31. The summed E-state index contributed by atoms with van der Waals surface area (Å²) < 4.78 is 34.2. The van der Waals surface area contributed by atoms with Crippen molar-refractivity contribution in [2.75, 3.05) is 37.2 Å². The molecule has 1 amide bonds. The number of amides is 1. The number of para-hydroxylation sites is 1. The number of carbonyl (C=O) groups is 2. The summed E-state index contributed by atoms with van der Waals surface area (Å²) >= 11 is 0. The monoisotopic (exact) mass is 406 g/mol.